The lowest BCUT2D eigenvalue weighted by Crippen LogP contribution is -1.96. The Labute approximate surface area is 521 Å². The number of hydrogen-bond acceptors (Lipinski definition) is 20. The molecule has 0 rings (SSSR count). The fraction of sp³-hybridized carbons (Fsp3) is 0.938. The minimum Gasteiger partial charge on any atom is -0.396 e. The number of methoxy groups -OCH3 is 8. The first-order chi connectivity index (χ1) is 40.8. The topological polar surface area (TPSA) is 273 Å². The summed E-state index contributed by atoms with van der Waals surface area (Å²) in [5, 5.41) is 64.9. The monoisotopic (exact) mass is 1240 g/mol. The van der Waals surface area contributed by atoms with E-state index in [0.29, 0.717) is 72.7 Å². The summed E-state index contributed by atoms with van der Waals surface area (Å²) in [4.78, 5) is 0. The van der Waals surface area contributed by atoms with Crippen LogP contribution in [0.5, 0.6) is 0 Å². The first-order valence-corrected chi connectivity index (χ1v) is 30.9. The molecule has 0 unspecified atom stereocenters. The first kappa shape index (κ1) is 117. The van der Waals surface area contributed by atoms with Gasteiger partial charge in [0.25, 0.3) is 0 Å². The van der Waals surface area contributed by atoms with Crippen molar-refractivity contribution in [1.82, 2.24) is 0 Å². The van der Waals surface area contributed by atoms with Gasteiger partial charge in [-0.05, 0) is 106 Å². The molecule has 0 amide bonds. The number of ether oxygens (including phenoxy) is 12. The van der Waals surface area contributed by atoms with Crippen LogP contribution in [0.15, 0.2) is 12.2 Å². The Morgan fingerprint density at radius 1 is 0.286 bits per heavy atom. The Balaban J connectivity index is -0.0000000524. The third kappa shape index (κ3) is 310. The summed E-state index contributed by atoms with van der Waals surface area (Å²) in [6.45, 7) is 37.8. The number of rotatable bonds is 39. The predicted octanol–water partition coefficient (Wildman–Crippen LogP) is 10.0. The quantitative estimate of drug-likeness (QED) is 0.0161. The third-order valence-corrected chi connectivity index (χ3v) is 7.87. The van der Waals surface area contributed by atoms with E-state index < -0.39 is 0 Å². The molecule has 526 valence electrons. The molecule has 0 fully saturated rings. The van der Waals surface area contributed by atoms with Crippen LogP contribution in [-0.4, -0.2) is 256 Å². The molecule has 8 N–H and O–H groups in total. The minimum atomic E-state index is 0.133. The van der Waals surface area contributed by atoms with Crippen LogP contribution >= 0.6 is 0 Å². The minimum absolute atomic E-state index is 0.133. The highest BCUT2D eigenvalue weighted by Gasteiger charge is 1.81. The zero-order valence-corrected chi connectivity index (χ0v) is 58.9. The maximum atomic E-state index is 8.20. The molecular formula is C64H150O20. The van der Waals surface area contributed by atoms with E-state index in [4.69, 9.17) is 74.0 Å². The molecule has 0 saturated heterocycles. The average molecular weight is 1240 g/mol. The first-order valence-electron chi connectivity index (χ1n) is 30.9. The van der Waals surface area contributed by atoms with Crippen LogP contribution in [0.4, 0.5) is 0 Å². The van der Waals surface area contributed by atoms with Crippen LogP contribution < -0.4 is 0 Å². The number of aliphatic hydroxyl groups excluding tert-OH is 8. The van der Waals surface area contributed by atoms with Gasteiger partial charge >= 0.3 is 0 Å². The van der Waals surface area contributed by atoms with Gasteiger partial charge in [0.15, 0.2) is 0 Å². The van der Waals surface area contributed by atoms with Crippen LogP contribution in [0.1, 0.15) is 186 Å². The predicted molar refractivity (Wildman–Crippen MR) is 354 cm³/mol. The molecule has 0 aliphatic heterocycles. The lowest BCUT2D eigenvalue weighted by Gasteiger charge is -1.91. The van der Waals surface area contributed by atoms with E-state index in [9.17, 15) is 0 Å². The summed E-state index contributed by atoms with van der Waals surface area (Å²) in [7, 11) is 13.3. The van der Waals surface area contributed by atoms with E-state index in [1.807, 2.05) is 46.8 Å². The number of allylic oxidation sites excluding steroid dienone is 1. The normalized spacial score (nSPS) is 8.90. The van der Waals surface area contributed by atoms with Crippen LogP contribution in [0, 0.1) is 11.8 Å². The molecule has 20 heteroatoms. The molecule has 0 saturated carbocycles. The second-order valence-electron chi connectivity index (χ2n) is 16.0. The summed E-state index contributed by atoms with van der Waals surface area (Å²) >= 11 is 0. The van der Waals surface area contributed by atoms with Gasteiger partial charge in [-0.1, -0.05) is 98.1 Å². The zero-order chi connectivity index (χ0) is 67.6. The fourth-order valence-corrected chi connectivity index (χ4v) is 3.44. The van der Waals surface area contributed by atoms with Crippen LogP contribution in [-0.2, 0) is 56.8 Å². The molecule has 0 aliphatic carbocycles. The summed E-state index contributed by atoms with van der Waals surface area (Å²) in [6.07, 6.45) is 20.6. The van der Waals surface area contributed by atoms with Crippen molar-refractivity contribution in [3.63, 3.8) is 0 Å². The van der Waals surface area contributed by atoms with Crippen LogP contribution in [0.25, 0.3) is 0 Å². The molecule has 0 aliphatic rings. The maximum absolute atomic E-state index is 8.20. The molecule has 0 aromatic heterocycles. The molecule has 0 aromatic rings. The lowest BCUT2D eigenvalue weighted by molar-refractivity contribution is 0.102. The highest BCUT2D eigenvalue weighted by atomic mass is 16.5. The Morgan fingerprint density at radius 2 is 0.560 bits per heavy atom. The van der Waals surface area contributed by atoms with Gasteiger partial charge in [0.1, 0.15) is 6.61 Å². The largest absolute Gasteiger partial charge is 0.396 e. The van der Waals surface area contributed by atoms with E-state index in [0.717, 1.165) is 110 Å². The molecule has 0 aromatic carbocycles. The van der Waals surface area contributed by atoms with E-state index in [1.165, 1.54) is 38.5 Å². The Hall–Kier alpha value is -1.50. The second kappa shape index (κ2) is 178. The standard InChI is InChI=1S/2C5H12O.C5H10O.C5H8O.4C5H12O.6C4H10O2/c4*1-3-4-5-6-2;2*1-3-5-6-4-2;2*1-2-3-4-5-6;1-5-3-4-6-2;2*1-6-4-2-3-5;2*1-2-6-4-3-5;5-3-1-2-4-6/h2*3-5H2,1-2H3;3-4H,5H2,1-2H3;5H2,1-2H3;2*3-5H2,1-2H3;2*6H,2-5H2,1H3;3-4H2,1-2H3;4*5H,2-4H2,1H3;5-6H,1-4H2/b;;4-3-;;;;;;;;;;;. The van der Waals surface area contributed by atoms with Crippen molar-refractivity contribution < 1.29 is 97.7 Å². The van der Waals surface area contributed by atoms with E-state index in [2.05, 4.69) is 77.1 Å². The fourth-order valence-electron chi connectivity index (χ4n) is 3.44. The maximum Gasteiger partial charge on any atom is 0.107 e. The number of unbranched alkanes of at least 4 members (excludes halogenated alkanes) is 7. The third-order valence-electron chi connectivity index (χ3n) is 7.87. The number of hydrogen-bond donors (Lipinski definition) is 8. The van der Waals surface area contributed by atoms with Crippen LogP contribution in [0.3, 0.4) is 0 Å². The van der Waals surface area contributed by atoms with Crippen molar-refractivity contribution in [2.45, 2.75) is 186 Å². The van der Waals surface area contributed by atoms with Gasteiger partial charge in [0.05, 0.1) is 46.2 Å². The summed E-state index contributed by atoms with van der Waals surface area (Å²) < 4.78 is 56.9. The van der Waals surface area contributed by atoms with Gasteiger partial charge in [-0.25, -0.2) is 0 Å². The highest BCUT2D eigenvalue weighted by Crippen LogP contribution is 1.90. The smallest absolute Gasteiger partial charge is 0.107 e. The van der Waals surface area contributed by atoms with Crippen molar-refractivity contribution in [2.75, 3.05) is 215 Å². The number of aliphatic hydroxyl groups is 8. The van der Waals surface area contributed by atoms with Crippen molar-refractivity contribution >= 4 is 0 Å². The van der Waals surface area contributed by atoms with Gasteiger partial charge in [0.2, 0.25) is 0 Å². The molecule has 0 atom stereocenters. The van der Waals surface area contributed by atoms with Gasteiger partial charge in [-0.2, -0.15) is 0 Å². The summed E-state index contributed by atoms with van der Waals surface area (Å²) in [5.74, 6) is 5.42. The SMILES string of the molecule is C/C=C\COC.CC#CCOC.CCCCCO.CCCCCO.CCCCOC.CCCCOC.CCCOCC.CCCOCC.CCOCCO.CCOCCO.COCCCO.COCCCO.COCCOC.OCCCCO. The van der Waals surface area contributed by atoms with Crippen molar-refractivity contribution in [3.05, 3.63) is 12.2 Å². The Bertz CT molecular complexity index is 626. The average Bonchev–Trinajstić information content (AvgIpc) is 3.53. The van der Waals surface area contributed by atoms with E-state index in [-0.39, 0.29) is 39.6 Å². The molecule has 0 radical (unpaired) electrons. The molecule has 0 heterocycles. The molecule has 0 bridgehead atoms. The van der Waals surface area contributed by atoms with Crippen molar-refractivity contribution in [2.24, 2.45) is 0 Å². The van der Waals surface area contributed by atoms with Gasteiger partial charge < -0.3 is 97.7 Å². The van der Waals surface area contributed by atoms with Gasteiger partial charge in [-0.15, -0.1) is 5.92 Å². The molecular weight excluding hydrogens is 1090 g/mol. The zero-order valence-electron chi connectivity index (χ0n) is 58.9. The van der Waals surface area contributed by atoms with Crippen molar-refractivity contribution in [3.8, 4) is 11.8 Å². The van der Waals surface area contributed by atoms with E-state index >= 15 is 0 Å². The van der Waals surface area contributed by atoms with Crippen LogP contribution in [0.2, 0.25) is 0 Å². The summed E-state index contributed by atoms with van der Waals surface area (Å²) in [6, 6.07) is 0. The second-order valence-corrected chi connectivity index (χ2v) is 16.0. The molecule has 20 nitrogen and oxygen atoms in total. The van der Waals surface area contributed by atoms with Gasteiger partial charge in [-0.3, -0.25) is 0 Å². The van der Waals surface area contributed by atoms with Crippen molar-refractivity contribution in [1.29, 1.82) is 0 Å². The lowest BCUT2D eigenvalue weighted by atomic mass is 10.3. The Kier molecular flexibility index (Phi) is 247. The highest BCUT2D eigenvalue weighted by molar-refractivity contribution is 4.94. The molecule has 84 heavy (non-hydrogen) atoms. The summed E-state index contributed by atoms with van der Waals surface area (Å²) in [5.41, 5.74) is 0. The Morgan fingerprint density at radius 3 is 0.667 bits per heavy atom. The van der Waals surface area contributed by atoms with Gasteiger partial charge in [0, 0.05) is 163 Å². The molecule has 0 spiro atoms. The van der Waals surface area contributed by atoms with E-state index in [1.54, 1.807) is 63.8 Å².